The third-order valence-corrected chi connectivity index (χ3v) is 5.23. The van der Waals surface area contributed by atoms with Crippen LogP contribution in [0.2, 0.25) is 0 Å². The van der Waals surface area contributed by atoms with Crippen molar-refractivity contribution in [2.75, 3.05) is 7.05 Å². The molecule has 1 amide bonds. The fourth-order valence-corrected chi connectivity index (χ4v) is 3.52. The Kier molecular flexibility index (Phi) is 5.02. The first kappa shape index (κ1) is 16.7. The fraction of sp³-hybridized carbons (Fsp3) is 0.158. The van der Waals surface area contributed by atoms with Crippen LogP contribution in [0.15, 0.2) is 59.5 Å². The summed E-state index contributed by atoms with van der Waals surface area (Å²) in [5.41, 5.74) is 2.08. The zero-order chi connectivity index (χ0) is 17.1. The maximum atomic E-state index is 12.0. The van der Waals surface area contributed by atoms with Crippen molar-refractivity contribution in [2.45, 2.75) is 13.0 Å². The van der Waals surface area contributed by atoms with Gasteiger partial charge in [-0.05, 0) is 36.3 Å². The molecule has 5 heteroatoms. The number of nitrogens with zero attached hydrogens (tertiary/aromatic N) is 1. The third kappa shape index (κ3) is 3.68. The van der Waals surface area contributed by atoms with Crippen LogP contribution in [0.1, 0.15) is 24.2 Å². The number of rotatable bonds is 4. The van der Waals surface area contributed by atoms with Crippen LogP contribution in [0.4, 0.5) is 0 Å². The van der Waals surface area contributed by atoms with Gasteiger partial charge in [-0.15, -0.1) is 0 Å². The highest BCUT2D eigenvalue weighted by molar-refractivity contribution is 8.26. The second-order valence-corrected chi connectivity index (χ2v) is 7.16. The van der Waals surface area contributed by atoms with Gasteiger partial charge in [0.1, 0.15) is 16.2 Å². The van der Waals surface area contributed by atoms with Crippen molar-refractivity contribution in [3.8, 4) is 5.75 Å². The summed E-state index contributed by atoms with van der Waals surface area (Å²) in [4.78, 5) is 14.2. The minimum Gasteiger partial charge on any atom is -0.486 e. The number of hydrogen-bond acceptors (Lipinski definition) is 4. The van der Waals surface area contributed by atoms with Crippen molar-refractivity contribution in [1.29, 1.82) is 0 Å². The Bertz CT molecular complexity index is 785. The van der Waals surface area contributed by atoms with Gasteiger partial charge < -0.3 is 4.74 Å². The van der Waals surface area contributed by atoms with Crippen molar-refractivity contribution >= 4 is 40.3 Å². The number of carbonyl (C=O) groups is 1. The molecule has 0 radical (unpaired) electrons. The summed E-state index contributed by atoms with van der Waals surface area (Å²) in [5.74, 6) is 0.745. The lowest BCUT2D eigenvalue weighted by molar-refractivity contribution is -0.121. The van der Waals surface area contributed by atoms with Crippen LogP contribution in [0.5, 0.6) is 5.75 Å². The molecule has 0 aliphatic carbocycles. The predicted molar refractivity (Wildman–Crippen MR) is 103 cm³/mol. The van der Waals surface area contributed by atoms with Crippen molar-refractivity contribution in [2.24, 2.45) is 0 Å². The van der Waals surface area contributed by atoms with Crippen molar-refractivity contribution in [3.63, 3.8) is 0 Å². The molecule has 0 N–H and O–H groups in total. The number of carbonyl (C=O) groups excluding carboxylic acids is 1. The highest BCUT2D eigenvalue weighted by Gasteiger charge is 2.28. The first-order chi connectivity index (χ1) is 11.5. The van der Waals surface area contributed by atoms with E-state index in [1.807, 2.05) is 67.6 Å². The predicted octanol–water partition coefficient (Wildman–Crippen LogP) is 4.66. The average Bonchev–Trinajstić information content (AvgIpc) is 2.84. The zero-order valence-corrected chi connectivity index (χ0v) is 15.1. The molecule has 1 heterocycles. The van der Waals surface area contributed by atoms with E-state index in [4.69, 9.17) is 17.0 Å². The molecule has 0 saturated carbocycles. The SMILES string of the molecule is C[C@@H](Oc1ccc(/C=C2\SC(=S)N(C)C2=O)cc1)c1ccccc1. The van der Waals surface area contributed by atoms with E-state index < -0.39 is 0 Å². The van der Waals surface area contributed by atoms with Crippen LogP contribution < -0.4 is 4.74 Å². The Morgan fingerprint density at radius 3 is 2.38 bits per heavy atom. The quantitative estimate of drug-likeness (QED) is 0.589. The molecule has 1 fully saturated rings. The topological polar surface area (TPSA) is 29.5 Å². The number of ether oxygens (including phenoxy) is 1. The van der Waals surface area contributed by atoms with Gasteiger partial charge in [0.2, 0.25) is 0 Å². The van der Waals surface area contributed by atoms with Gasteiger partial charge in [0.05, 0.1) is 4.91 Å². The van der Waals surface area contributed by atoms with Crippen molar-refractivity contribution < 1.29 is 9.53 Å². The Morgan fingerprint density at radius 1 is 1.12 bits per heavy atom. The van der Waals surface area contributed by atoms with Gasteiger partial charge in [-0.25, -0.2) is 0 Å². The fourth-order valence-electron chi connectivity index (χ4n) is 2.34. The van der Waals surface area contributed by atoms with Crippen LogP contribution in [-0.4, -0.2) is 22.2 Å². The molecular weight excluding hydrogens is 338 g/mol. The summed E-state index contributed by atoms with van der Waals surface area (Å²) in [7, 11) is 1.69. The molecule has 1 atom stereocenters. The van der Waals surface area contributed by atoms with Gasteiger partial charge in [0, 0.05) is 7.05 Å². The largest absolute Gasteiger partial charge is 0.486 e. The molecule has 1 aliphatic rings. The summed E-state index contributed by atoms with van der Waals surface area (Å²) < 4.78 is 6.54. The Labute approximate surface area is 151 Å². The second kappa shape index (κ2) is 7.20. The Balaban J connectivity index is 1.70. The first-order valence-electron chi connectivity index (χ1n) is 7.58. The lowest BCUT2D eigenvalue weighted by Crippen LogP contribution is -2.22. The number of benzene rings is 2. The standard InChI is InChI=1S/C19H17NO2S2/c1-13(15-6-4-3-5-7-15)22-16-10-8-14(9-11-16)12-17-18(21)20(2)19(23)24-17/h3-13H,1-2H3/b17-12-/t13-/m1/s1. The maximum absolute atomic E-state index is 12.0. The number of amides is 1. The summed E-state index contributed by atoms with van der Waals surface area (Å²) in [6.07, 6.45) is 1.83. The van der Waals surface area contributed by atoms with E-state index in [2.05, 4.69) is 0 Å². The van der Waals surface area contributed by atoms with Gasteiger partial charge in [0.15, 0.2) is 0 Å². The smallest absolute Gasteiger partial charge is 0.265 e. The summed E-state index contributed by atoms with van der Waals surface area (Å²) in [5, 5.41) is 0. The molecule has 0 bridgehead atoms. The number of hydrogen-bond donors (Lipinski definition) is 0. The van der Waals surface area contributed by atoms with E-state index in [1.54, 1.807) is 7.05 Å². The van der Waals surface area contributed by atoms with E-state index in [0.717, 1.165) is 16.9 Å². The van der Waals surface area contributed by atoms with E-state index in [0.29, 0.717) is 9.23 Å². The molecule has 0 spiro atoms. The number of thioether (sulfide) groups is 1. The minimum absolute atomic E-state index is 0.0200. The van der Waals surface area contributed by atoms with Crippen LogP contribution in [0.3, 0.4) is 0 Å². The number of thiocarbonyl (C=S) groups is 1. The normalized spacial score (nSPS) is 17.4. The minimum atomic E-state index is -0.0528. The van der Waals surface area contributed by atoms with Crippen molar-refractivity contribution in [1.82, 2.24) is 4.90 Å². The van der Waals surface area contributed by atoms with Gasteiger partial charge in [0.25, 0.3) is 5.91 Å². The summed E-state index contributed by atoms with van der Waals surface area (Å²) in [6, 6.07) is 17.8. The van der Waals surface area contributed by atoms with Gasteiger partial charge in [-0.3, -0.25) is 9.69 Å². The second-order valence-electron chi connectivity index (χ2n) is 5.48. The third-order valence-electron chi connectivity index (χ3n) is 3.75. The van der Waals surface area contributed by atoms with E-state index in [-0.39, 0.29) is 12.0 Å². The molecule has 3 rings (SSSR count). The molecule has 1 saturated heterocycles. The van der Waals surface area contributed by atoms with Gasteiger partial charge in [-0.1, -0.05) is 66.4 Å². The van der Waals surface area contributed by atoms with Crippen LogP contribution >= 0.6 is 24.0 Å². The van der Waals surface area contributed by atoms with E-state index in [9.17, 15) is 4.79 Å². The monoisotopic (exact) mass is 355 g/mol. The van der Waals surface area contributed by atoms with Gasteiger partial charge >= 0.3 is 0 Å². The molecule has 2 aromatic carbocycles. The zero-order valence-electron chi connectivity index (χ0n) is 13.4. The highest BCUT2D eigenvalue weighted by Crippen LogP contribution is 2.31. The van der Waals surface area contributed by atoms with Crippen LogP contribution in [0.25, 0.3) is 6.08 Å². The van der Waals surface area contributed by atoms with E-state index >= 15 is 0 Å². The van der Waals surface area contributed by atoms with Crippen molar-refractivity contribution in [3.05, 3.63) is 70.6 Å². The maximum Gasteiger partial charge on any atom is 0.265 e. The molecule has 2 aromatic rings. The van der Waals surface area contributed by atoms with Gasteiger partial charge in [-0.2, -0.15) is 0 Å². The lowest BCUT2D eigenvalue weighted by atomic mass is 10.1. The molecule has 1 aliphatic heterocycles. The molecule has 0 unspecified atom stereocenters. The Morgan fingerprint density at radius 2 is 1.79 bits per heavy atom. The lowest BCUT2D eigenvalue weighted by Gasteiger charge is -2.15. The Hall–Kier alpha value is -2.11. The highest BCUT2D eigenvalue weighted by atomic mass is 32.2. The van der Waals surface area contributed by atoms with E-state index in [1.165, 1.54) is 16.7 Å². The first-order valence-corrected chi connectivity index (χ1v) is 8.80. The summed E-state index contributed by atoms with van der Waals surface area (Å²) >= 11 is 6.46. The summed E-state index contributed by atoms with van der Waals surface area (Å²) in [6.45, 7) is 2.02. The molecule has 122 valence electrons. The molecular formula is C19H17NO2S2. The molecule has 24 heavy (non-hydrogen) atoms. The van der Waals surface area contributed by atoms with Crippen LogP contribution in [-0.2, 0) is 4.79 Å². The average molecular weight is 355 g/mol. The number of likely N-dealkylation sites (N-methyl/N-ethyl adjacent to an activating group) is 1. The molecule has 3 nitrogen and oxygen atoms in total. The van der Waals surface area contributed by atoms with Crippen LogP contribution in [0, 0.1) is 0 Å². The molecule has 0 aromatic heterocycles.